The number of rotatable bonds is 6. The highest BCUT2D eigenvalue weighted by Crippen LogP contribution is 2.30. The van der Waals surface area contributed by atoms with Crippen molar-refractivity contribution in [1.29, 1.82) is 0 Å². The van der Waals surface area contributed by atoms with E-state index in [0.29, 0.717) is 18.2 Å². The van der Waals surface area contributed by atoms with Crippen molar-refractivity contribution in [2.24, 2.45) is 0 Å². The Kier molecular flexibility index (Phi) is 6.55. The Balaban J connectivity index is 1.48. The van der Waals surface area contributed by atoms with Gasteiger partial charge < -0.3 is 10.2 Å². The molecule has 0 aliphatic carbocycles. The lowest BCUT2D eigenvalue weighted by Crippen LogP contribution is -2.41. The molecule has 6 heteroatoms. The summed E-state index contributed by atoms with van der Waals surface area (Å²) in [6.45, 7) is 3.46. The molecule has 2 aromatic carbocycles. The monoisotopic (exact) mass is 418 g/mol. The average molecular weight is 419 g/mol. The number of para-hydroxylation sites is 1. The van der Waals surface area contributed by atoms with Crippen LogP contribution in [0.2, 0.25) is 0 Å². The maximum atomic E-state index is 14.0. The lowest BCUT2D eigenvalue weighted by molar-refractivity contribution is -0.134. The molecule has 2 heterocycles. The second-order valence-corrected chi connectivity index (χ2v) is 7.90. The molecule has 160 valence electrons. The van der Waals surface area contributed by atoms with E-state index in [0.717, 1.165) is 37.1 Å². The molecular formula is C25H27FN4O. The van der Waals surface area contributed by atoms with E-state index in [4.69, 9.17) is 0 Å². The second kappa shape index (κ2) is 9.69. The number of likely N-dealkylation sites (tertiary alicyclic amines) is 1. The minimum absolute atomic E-state index is 0.122. The largest absolute Gasteiger partial charge is 0.342 e. The zero-order chi connectivity index (χ0) is 21.6. The maximum Gasteiger partial charge on any atom is 0.230 e. The van der Waals surface area contributed by atoms with Crippen molar-refractivity contribution in [2.45, 2.75) is 38.0 Å². The number of anilines is 2. The number of nitrogens with one attached hydrogen (secondary N) is 1. The SMILES string of the molecule is CC[C@H](C(=O)N1CCC[C@H](c2ccnc(Nc3ccccc3F)n2)C1)c1ccccc1. The van der Waals surface area contributed by atoms with Crippen LogP contribution in [0.25, 0.3) is 0 Å². The van der Waals surface area contributed by atoms with Gasteiger partial charge in [-0.3, -0.25) is 4.79 Å². The second-order valence-electron chi connectivity index (χ2n) is 7.90. The molecule has 5 nitrogen and oxygen atoms in total. The maximum absolute atomic E-state index is 14.0. The third kappa shape index (κ3) is 4.90. The number of halogens is 1. The molecule has 0 spiro atoms. The van der Waals surface area contributed by atoms with Crippen molar-refractivity contribution in [2.75, 3.05) is 18.4 Å². The first kappa shape index (κ1) is 21.0. The van der Waals surface area contributed by atoms with Gasteiger partial charge in [0, 0.05) is 25.2 Å². The van der Waals surface area contributed by atoms with E-state index in [1.807, 2.05) is 41.3 Å². The van der Waals surface area contributed by atoms with Gasteiger partial charge in [0.2, 0.25) is 11.9 Å². The van der Waals surface area contributed by atoms with Crippen LogP contribution < -0.4 is 5.32 Å². The first-order chi connectivity index (χ1) is 15.2. The molecule has 1 saturated heterocycles. The molecule has 1 fully saturated rings. The molecule has 1 aliphatic rings. The smallest absolute Gasteiger partial charge is 0.230 e. The first-order valence-electron chi connectivity index (χ1n) is 10.8. The van der Waals surface area contributed by atoms with Gasteiger partial charge in [-0.15, -0.1) is 0 Å². The Labute approximate surface area is 182 Å². The van der Waals surface area contributed by atoms with Gasteiger partial charge in [-0.1, -0.05) is 49.4 Å². The van der Waals surface area contributed by atoms with Crippen molar-refractivity contribution in [1.82, 2.24) is 14.9 Å². The zero-order valence-electron chi connectivity index (χ0n) is 17.7. The lowest BCUT2D eigenvalue weighted by atomic mass is 9.90. The molecule has 31 heavy (non-hydrogen) atoms. The standard InChI is InChI=1S/C25H27FN4O/c1-2-20(18-9-4-3-5-10-18)24(31)30-16-8-11-19(17-30)22-14-15-27-25(28-22)29-23-13-7-6-12-21(23)26/h3-7,9-10,12-15,19-20H,2,8,11,16-17H2,1H3,(H,27,28,29)/t19-,20-/m0/s1. The van der Waals surface area contributed by atoms with Gasteiger partial charge in [0.15, 0.2) is 0 Å². The van der Waals surface area contributed by atoms with Gasteiger partial charge in [-0.05, 0) is 43.0 Å². The number of aromatic nitrogens is 2. The number of carbonyl (C=O) groups excluding carboxylic acids is 1. The van der Waals surface area contributed by atoms with Crippen LogP contribution in [0.1, 0.15) is 49.3 Å². The fourth-order valence-electron chi connectivity index (χ4n) is 4.22. The van der Waals surface area contributed by atoms with Crippen LogP contribution in [0.5, 0.6) is 0 Å². The Bertz CT molecular complexity index is 1030. The summed E-state index contributed by atoms with van der Waals surface area (Å²) >= 11 is 0. The van der Waals surface area contributed by atoms with Crippen LogP contribution in [-0.4, -0.2) is 33.9 Å². The molecule has 0 radical (unpaired) electrons. The Morgan fingerprint density at radius 2 is 1.94 bits per heavy atom. The van der Waals surface area contributed by atoms with E-state index in [1.165, 1.54) is 6.07 Å². The molecule has 1 amide bonds. The molecule has 4 rings (SSSR count). The fraction of sp³-hybridized carbons (Fsp3) is 0.320. The number of amides is 1. The number of hydrogen-bond acceptors (Lipinski definition) is 4. The van der Waals surface area contributed by atoms with Gasteiger partial charge in [0.1, 0.15) is 5.82 Å². The van der Waals surface area contributed by atoms with Gasteiger partial charge in [-0.25, -0.2) is 14.4 Å². The molecule has 1 aliphatic heterocycles. The minimum atomic E-state index is -0.350. The molecule has 0 unspecified atom stereocenters. The molecule has 0 bridgehead atoms. The van der Waals surface area contributed by atoms with E-state index in [9.17, 15) is 9.18 Å². The highest BCUT2D eigenvalue weighted by molar-refractivity contribution is 5.83. The van der Waals surface area contributed by atoms with E-state index in [1.54, 1.807) is 24.4 Å². The Hall–Kier alpha value is -3.28. The molecule has 1 N–H and O–H groups in total. The summed E-state index contributed by atoms with van der Waals surface area (Å²) in [5.41, 5.74) is 2.28. The van der Waals surface area contributed by atoms with E-state index in [2.05, 4.69) is 22.2 Å². The van der Waals surface area contributed by atoms with Crippen LogP contribution in [0.3, 0.4) is 0 Å². The third-order valence-electron chi connectivity index (χ3n) is 5.86. The summed E-state index contributed by atoms with van der Waals surface area (Å²) in [5, 5.41) is 2.96. The summed E-state index contributed by atoms with van der Waals surface area (Å²) < 4.78 is 14.0. The first-order valence-corrected chi connectivity index (χ1v) is 10.8. The van der Waals surface area contributed by atoms with Gasteiger partial charge in [0.05, 0.1) is 17.3 Å². The summed E-state index contributed by atoms with van der Waals surface area (Å²) in [6, 6.07) is 18.3. The summed E-state index contributed by atoms with van der Waals surface area (Å²) in [4.78, 5) is 24.1. The minimum Gasteiger partial charge on any atom is -0.342 e. The van der Waals surface area contributed by atoms with Gasteiger partial charge >= 0.3 is 0 Å². The van der Waals surface area contributed by atoms with Crippen molar-refractivity contribution < 1.29 is 9.18 Å². The highest BCUT2D eigenvalue weighted by Gasteiger charge is 2.30. The van der Waals surface area contributed by atoms with Crippen LogP contribution in [0.15, 0.2) is 66.9 Å². The van der Waals surface area contributed by atoms with Crippen molar-refractivity contribution >= 4 is 17.5 Å². The van der Waals surface area contributed by atoms with Crippen molar-refractivity contribution in [3.05, 3.63) is 83.9 Å². The van der Waals surface area contributed by atoms with E-state index < -0.39 is 0 Å². The molecular weight excluding hydrogens is 391 g/mol. The summed E-state index contributed by atoms with van der Waals surface area (Å²) in [6.07, 6.45) is 4.35. The number of carbonyl (C=O) groups is 1. The van der Waals surface area contributed by atoms with E-state index >= 15 is 0 Å². The normalized spacial score (nSPS) is 17.2. The number of benzene rings is 2. The molecule has 1 aromatic heterocycles. The van der Waals surface area contributed by atoms with Crippen LogP contribution in [0, 0.1) is 5.82 Å². The van der Waals surface area contributed by atoms with Gasteiger partial charge in [-0.2, -0.15) is 0 Å². The predicted molar refractivity (Wildman–Crippen MR) is 120 cm³/mol. The zero-order valence-corrected chi connectivity index (χ0v) is 17.7. The molecule has 0 saturated carbocycles. The average Bonchev–Trinajstić information content (AvgIpc) is 2.82. The number of hydrogen-bond donors (Lipinski definition) is 1. The molecule has 2 atom stereocenters. The van der Waals surface area contributed by atoms with Crippen LogP contribution in [0.4, 0.5) is 16.0 Å². The fourth-order valence-corrected chi connectivity index (χ4v) is 4.22. The molecule has 3 aromatic rings. The van der Waals surface area contributed by atoms with Crippen molar-refractivity contribution in [3.8, 4) is 0 Å². The Morgan fingerprint density at radius 1 is 1.16 bits per heavy atom. The summed E-state index contributed by atoms with van der Waals surface area (Å²) in [7, 11) is 0. The Morgan fingerprint density at radius 3 is 2.71 bits per heavy atom. The van der Waals surface area contributed by atoms with Gasteiger partial charge in [0.25, 0.3) is 0 Å². The summed E-state index contributed by atoms with van der Waals surface area (Å²) in [5.74, 6) is 0.204. The van der Waals surface area contributed by atoms with E-state index in [-0.39, 0.29) is 23.6 Å². The van der Waals surface area contributed by atoms with Crippen LogP contribution in [-0.2, 0) is 4.79 Å². The topological polar surface area (TPSA) is 58.1 Å². The van der Waals surface area contributed by atoms with Crippen molar-refractivity contribution in [3.63, 3.8) is 0 Å². The van der Waals surface area contributed by atoms with Crippen LogP contribution >= 0.6 is 0 Å². The third-order valence-corrected chi connectivity index (χ3v) is 5.86. The lowest BCUT2D eigenvalue weighted by Gasteiger charge is -2.35. The number of nitrogens with zero attached hydrogens (tertiary/aromatic N) is 3. The predicted octanol–water partition coefficient (Wildman–Crippen LogP) is 5.26. The highest BCUT2D eigenvalue weighted by atomic mass is 19.1. The number of piperidine rings is 1. The quantitative estimate of drug-likeness (QED) is 0.593.